The standard InChI is InChI=1S/C10H13NO4/c1-14-7-4-2-3-5-8(7)15-9(6-11)10(12)13/h2-5,9H,6,11H2,1H3,(H,12,13). The zero-order valence-electron chi connectivity index (χ0n) is 8.34. The summed E-state index contributed by atoms with van der Waals surface area (Å²) in [4.78, 5) is 10.7. The molecule has 0 amide bonds. The molecule has 0 fully saturated rings. The molecule has 0 spiro atoms. The Labute approximate surface area is 87.4 Å². The van der Waals surface area contributed by atoms with Crippen molar-refractivity contribution in [3.8, 4) is 11.5 Å². The third-order valence-electron chi connectivity index (χ3n) is 1.83. The first-order valence-electron chi connectivity index (χ1n) is 4.41. The second kappa shape index (κ2) is 5.21. The average Bonchev–Trinajstić information content (AvgIpc) is 2.25. The molecular weight excluding hydrogens is 198 g/mol. The quantitative estimate of drug-likeness (QED) is 0.740. The van der Waals surface area contributed by atoms with E-state index in [4.69, 9.17) is 20.3 Å². The molecule has 0 aliphatic carbocycles. The largest absolute Gasteiger partial charge is 0.493 e. The highest BCUT2D eigenvalue weighted by atomic mass is 16.5. The van der Waals surface area contributed by atoms with Gasteiger partial charge in [-0.25, -0.2) is 4.79 Å². The molecule has 0 saturated carbocycles. The number of ether oxygens (including phenoxy) is 2. The summed E-state index contributed by atoms with van der Waals surface area (Å²) < 4.78 is 10.2. The van der Waals surface area contributed by atoms with Crippen molar-refractivity contribution in [2.24, 2.45) is 5.73 Å². The molecule has 0 radical (unpaired) electrons. The maximum Gasteiger partial charge on any atom is 0.346 e. The van der Waals surface area contributed by atoms with Crippen molar-refractivity contribution in [1.82, 2.24) is 0 Å². The molecule has 1 aromatic carbocycles. The van der Waals surface area contributed by atoms with Crippen LogP contribution in [-0.2, 0) is 4.79 Å². The van der Waals surface area contributed by atoms with Crippen molar-refractivity contribution in [3.63, 3.8) is 0 Å². The highest BCUT2D eigenvalue weighted by molar-refractivity contribution is 5.73. The Hall–Kier alpha value is -1.75. The molecular formula is C10H13NO4. The van der Waals surface area contributed by atoms with E-state index in [0.29, 0.717) is 11.5 Å². The van der Waals surface area contributed by atoms with Gasteiger partial charge in [-0.15, -0.1) is 0 Å². The lowest BCUT2D eigenvalue weighted by Gasteiger charge is -2.15. The molecule has 0 saturated heterocycles. The number of hydrogen-bond acceptors (Lipinski definition) is 4. The predicted molar refractivity (Wildman–Crippen MR) is 54.1 cm³/mol. The Morgan fingerprint density at radius 3 is 2.53 bits per heavy atom. The van der Waals surface area contributed by atoms with E-state index in [-0.39, 0.29) is 6.54 Å². The van der Waals surface area contributed by atoms with Crippen LogP contribution in [0.5, 0.6) is 11.5 Å². The minimum Gasteiger partial charge on any atom is -0.493 e. The first-order chi connectivity index (χ1) is 7.19. The summed E-state index contributed by atoms with van der Waals surface area (Å²) in [6.07, 6.45) is -1.05. The number of rotatable bonds is 5. The van der Waals surface area contributed by atoms with Gasteiger partial charge in [-0.1, -0.05) is 12.1 Å². The van der Waals surface area contributed by atoms with E-state index in [0.717, 1.165) is 0 Å². The van der Waals surface area contributed by atoms with Crippen molar-refractivity contribution in [1.29, 1.82) is 0 Å². The Morgan fingerprint density at radius 2 is 2.07 bits per heavy atom. The van der Waals surface area contributed by atoms with Gasteiger partial charge in [-0.3, -0.25) is 0 Å². The molecule has 1 rings (SSSR count). The normalized spacial score (nSPS) is 11.9. The lowest BCUT2D eigenvalue weighted by molar-refractivity contribution is -0.144. The molecule has 1 unspecified atom stereocenters. The lowest BCUT2D eigenvalue weighted by atomic mass is 10.3. The van der Waals surface area contributed by atoms with Crippen molar-refractivity contribution < 1.29 is 19.4 Å². The van der Waals surface area contributed by atoms with E-state index in [9.17, 15) is 4.79 Å². The third-order valence-corrected chi connectivity index (χ3v) is 1.83. The molecule has 0 heterocycles. The number of carboxylic acid groups (broad SMARTS) is 1. The molecule has 0 aromatic heterocycles. The number of carbonyl (C=O) groups is 1. The topological polar surface area (TPSA) is 81.8 Å². The van der Waals surface area contributed by atoms with E-state index in [2.05, 4.69) is 0 Å². The van der Waals surface area contributed by atoms with E-state index in [1.54, 1.807) is 24.3 Å². The number of nitrogens with two attached hydrogens (primary N) is 1. The SMILES string of the molecule is COc1ccccc1OC(CN)C(=O)O. The maximum absolute atomic E-state index is 10.7. The number of benzene rings is 1. The van der Waals surface area contributed by atoms with Gasteiger partial charge in [0.1, 0.15) is 0 Å². The first-order valence-corrected chi connectivity index (χ1v) is 4.41. The van der Waals surface area contributed by atoms with Crippen LogP contribution in [0, 0.1) is 0 Å². The minimum atomic E-state index is -1.09. The van der Waals surface area contributed by atoms with Crippen LogP contribution in [0.3, 0.4) is 0 Å². The summed E-state index contributed by atoms with van der Waals surface area (Å²) in [6, 6.07) is 6.81. The van der Waals surface area contributed by atoms with Gasteiger partial charge in [0.15, 0.2) is 11.5 Å². The Kier molecular flexibility index (Phi) is 3.93. The van der Waals surface area contributed by atoms with Gasteiger partial charge in [0.25, 0.3) is 0 Å². The fraction of sp³-hybridized carbons (Fsp3) is 0.300. The van der Waals surface area contributed by atoms with Crippen LogP contribution >= 0.6 is 0 Å². The number of para-hydroxylation sites is 2. The van der Waals surface area contributed by atoms with Crippen molar-refractivity contribution in [2.45, 2.75) is 6.10 Å². The van der Waals surface area contributed by atoms with Gasteiger partial charge in [0.05, 0.1) is 7.11 Å². The van der Waals surface area contributed by atoms with E-state index in [1.165, 1.54) is 7.11 Å². The molecule has 5 nitrogen and oxygen atoms in total. The molecule has 5 heteroatoms. The summed E-state index contributed by atoms with van der Waals surface area (Å²) in [5, 5.41) is 8.75. The fourth-order valence-electron chi connectivity index (χ4n) is 1.07. The van der Waals surface area contributed by atoms with Crippen LogP contribution in [0.2, 0.25) is 0 Å². The molecule has 0 aliphatic heterocycles. The summed E-state index contributed by atoms with van der Waals surface area (Å²) in [6.45, 7) is -0.0899. The van der Waals surface area contributed by atoms with Crippen molar-refractivity contribution >= 4 is 5.97 Å². The molecule has 82 valence electrons. The van der Waals surface area contributed by atoms with Gasteiger partial charge in [-0.05, 0) is 12.1 Å². The first kappa shape index (κ1) is 11.3. The number of carboxylic acids is 1. The van der Waals surface area contributed by atoms with Crippen LogP contribution < -0.4 is 15.2 Å². The molecule has 15 heavy (non-hydrogen) atoms. The Balaban J connectivity index is 2.82. The van der Waals surface area contributed by atoms with E-state index in [1.807, 2.05) is 0 Å². The van der Waals surface area contributed by atoms with Gasteiger partial charge < -0.3 is 20.3 Å². The number of hydrogen-bond donors (Lipinski definition) is 2. The second-order valence-electron chi connectivity index (χ2n) is 2.83. The van der Waals surface area contributed by atoms with Gasteiger partial charge in [0.2, 0.25) is 6.10 Å². The molecule has 1 atom stereocenters. The highest BCUT2D eigenvalue weighted by Crippen LogP contribution is 2.26. The number of methoxy groups -OCH3 is 1. The lowest BCUT2D eigenvalue weighted by Crippen LogP contribution is -2.34. The van der Waals surface area contributed by atoms with E-state index < -0.39 is 12.1 Å². The smallest absolute Gasteiger partial charge is 0.346 e. The maximum atomic E-state index is 10.7. The Morgan fingerprint density at radius 1 is 1.47 bits per heavy atom. The fourth-order valence-corrected chi connectivity index (χ4v) is 1.07. The van der Waals surface area contributed by atoms with Crippen molar-refractivity contribution in [2.75, 3.05) is 13.7 Å². The van der Waals surface area contributed by atoms with Crippen molar-refractivity contribution in [3.05, 3.63) is 24.3 Å². The monoisotopic (exact) mass is 211 g/mol. The highest BCUT2D eigenvalue weighted by Gasteiger charge is 2.18. The summed E-state index contributed by atoms with van der Waals surface area (Å²) >= 11 is 0. The van der Waals surface area contributed by atoms with Crippen LogP contribution in [0.4, 0.5) is 0 Å². The molecule has 0 aliphatic rings. The van der Waals surface area contributed by atoms with E-state index >= 15 is 0 Å². The summed E-state index contributed by atoms with van der Waals surface area (Å²) in [5.41, 5.74) is 5.27. The second-order valence-corrected chi connectivity index (χ2v) is 2.83. The van der Waals surface area contributed by atoms with Gasteiger partial charge in [-0.2, -0.15) is 0 Å². The molecule has 3 N–H and O–H groups in total. The third kappa shape index (κ3) is 2.85. The zero-order chi connectivity index (χ0) is 11.3. The summed E-state index contributed by atoms with van der Waals surface area (Å²) in [5.74, 6) is -0.238. The van der Waals surface area contributed by atoms with Crippen LogP contribution in [0.1, 0.15) is 0 Å². The molecule has 0 bridgehead atoms. The summed E-state index contributed by atoms with van der Waals surface area (Å²) in [7, 11) is 1.49. The molecule has 1 aromatic rings. The van der Waals surface area contributed by atoms with Crippen LogP contribution in [-0.4, -0.2) is 30.8 Å². The van der Waals surface area contributed by atoms with Crippen LogP contribution in [0.25, 0.3) is 0 Å². The number of aliphatic carboxylic acids is 1. The van der Waals surface area contributed by atoms with Gasteiger partial charge >= 0.3 is 5.97 Å². The Bertz CT molecular complexity index is 340. The predicted octanol–water partition coefficient (Wildman–Crippen LogP) is 0.486. The zero-order valence-corrected chi connectivity index (χ0v) is 8.34. The average molecular weight is 211 g/mol. The minimum absolute atomic E-state index is 0.0899. The van der Waals surface area contributed by atoms with Gasteiger partial charge in [0, 0.05) is 6.54 Å². The van der Waals surface area contributed by atoms with Crippen LogP contribution in [0.15, 0.2) is 24.3 Å².